The van der Waals surface area contributed by atoms with Crippen molar-refractivity contribution in [2.45, 2.75) is 38.6 Å². The summed E-state index contributed by atoms with van der Waals surface area (Å²) in [5.41, 5.74) is 8.06. The standard InChI is InChI=1S/C16H26N4O2S.HI/c1-3-13-7-6-8-14(11-13)19-16(17)18-12-15-9-4-5-10-20(15)23(2,21)22;/h6-8,11,15H,3-5,9-10,12H2,1-2H3,(H3,17,18,19);1H. The zero-order valence-corrected chi connectivity index (χ0v) is 17.4. The number of rotatable bonds is 5. The smallest absolute Gasteiger partial charge is 0.211 e. The molecule has 0 aromatic heterocycles. The molecule has 8 heteroatoms. The third-order valence-corrected chi connectivity index (χ3v) is 5.41. The first-order valence-electron chi connectivity index (χ1n) is 8.03. The van der Waals surface area contributed by atoms with Crippen LogP contribution in [0.25, 0.3) is 0 Å². The lowest BCUT2D eigenvalue weighted by molar-refractivity contribution is 0.259. The molecule has 0 amide bonds. The number of guanidine groups is 1. The monoisotopic (exact) mass is 466 g/mol. The van der Waals surface area contributed by atoms with Crippen LogP contribution in [0.2, 0.25) is 0 Å². The third kappa shape index (κ3) is 6.21. The van der Waals surface area contributed by atoms with Crippen LogP contribution in [0.4, 0.5) is 5.69 Å². The van der Waals surface area contributed by atoms with E-state index >= 15 is 0 Å². The van der Waals surface area contributed by atoms with Gasteiger partial charge in [0.1, 0.15) is 0 Å². The average molecular weight is 466 g/mol. The van der Waals surface area contributed by atoms with Crippen LogP contribution in [0.3, 0.4) is 0 Å². The summed E-state index contributed by atoms with van der Waals surface area (Å²) < 4.78 is 25.2. The second-order valence-electron chi connectivity index (χ2n) is 5.93. The van der Waals surface area contributed by atoms with E-state index in [-0.39, 0.29) is 30.0 Å². The summed E-state index contributed by atoms with van der Waals surface area (Å²) in [4.78, 5) is 4.34. The molecule has 1 aliphatic rings. The lowest BCUT2D eigenvalue weighted by Gasteiger charge is -2.32. The van der Waals surface area contributed by atoms with Crippen LogP contribution in [-0.4, -0.2) is 44.1 Å². The molecular weight excluding hydrogens is 439 g/mol. The number of aryl methyl sites for hydroxylation is 1. The molecule has 1 aromatic carbocycles. The maximum absolute atomic E-state index is 11.8. The van der Waals surface area contributed by atoms with E-state index in [2.05, 4.69) is 23.3 Å². The van der Waals surface area contributed by atoms with Gasteiger partial charge < -0.3 is 11.1 Å². The molecule has 6 nitrogen and oxygen atoms in total. The Morgan fingerprint density at radius 1 is 1.42 bits per heavy atom. The summed E-state index contributed by atoms with van der Waals surface area (Å²) in [5, 5.41) is 3.07. The van der Waals surface area contributed by atoms with E-state index in [0.717, 1.165) is 31.4 Å². The summed E-state index contributed by atoms with van der Waals surface area (Å²) in [5.74, 6) is 0.317. The fourth-order valence-electron chi connectivity index (χ4n) is 2.85. The van der Waals surface area contributed by atoms with Crippen molar-refractivity contribution in [3.05, 3.63) is 29.8 Å². The Bertz CT molecular complexity index is 664. The molecule has 24 heavy (non-hydrogen) atoms. The van der Waals surface area contributed by atoms with Crippen LogP contribution in [-0.2, 0) is 16.4 Å². The van der Waals surface area contributed by atoms with Crippen LogP contribution < -0.4 is 11.1 Å². The first kappa shape index (κ1) is 21.2. The number of anilines is 1. The van der Waals surface area contributed by atoms with Crippen molar-refractivity contribution in [2.24, 2.45) is 10.7 Å². The molecule has 0 radical (unpaired) electrons. The Balaban J connectivity index is 0.00000288. The maximum atomic E-state index is 11.8. The van der Waals surface area contributed by atoms with Crippen LogP contribution in [0, 0.1) is 0 Å². The predicted molar refractivity (Wildman–Crippen MR) is 111 cm³/mol. The minimum absolute atomic E-state index is 0. The van der Waals surface area contributed by atoms with Gasteiger partial charge in [-0.15, -0.1) is 24.0 Å². The molecule has 1 aliphatic heterocycles. The number of hydrogen-bond acceptors (Lipinski definition) is 3. The fraction of sp³-hybridized carbons (Fsp3) is 0.562. The van der Waals surface area contributed by atoms with Gasteiger partial charge in [0.05, 0.1) is 12.8 Å². The quantitative estimate of drug-likeness (QED) is 0.397. The summed E-state index contributed by atoms with van der Waals surface area (Å²) in [7, 11) is -3.19. The van der Waals surface area contributed by atoms with Gasteiger partial charge in [-0.25, -0.2) is 8.42 Å². The third-order valence-electron chi connectivity index (χ3n) is 4.08. The molecule has 3 N–H and O–H groups in total. The second kappa shape index (κ2) is 9.57. The lowest BCUT2D eigenvalue weighted by Crippen LogP contribution is -2.45. The Labute approximate surface area is 162 Å². The number of aliphatic imine (C=N–C) groups is 1. The number of nitrogens with one attached hydrogen (secondary N) is 1. The van der Waals surface area contributed by atoms with E-state index in [4.69, 9.17) is 5.73 Å². The van der Waals surface area contributed by atoms with Crippen LogP contribution in [0.5, 0.6) is 0 Å². The number of piperidine rings is 1. The van der Waals surface area contributed by atoms with Gasteiger partial charge in [0.2, 0.25) is 10.0 Å². The highest BCUT2D eigenvalue weighted by Crippen LogP contribution is 2.20. The van der Waals surface area contributed by atoms with E-state index < -0.39 is 10.0 Å². The number of nitrogens with two attached hydrogens (primary N) is 1. The maximum Gasteiger partial charge on any atom is 0.211 e. The summed E-state index contributed by atoms with van der Waals surface area (Å²) in [6.07, 6.45) is 4.98. The Morgan fingerprint density at radius 2 is 2.17 bits per heavy atom. The fourth-order valence-corrected chi connectivity index (χ4v) is 4.03. The molecular formula is C16H27IN4O2S. The van der Waals surface area contributed by atoms with Gasteiger partial charge in [-0.05, 0) is 37.0 Å². The number of halogens is 1. The van der Waals surface area contributed by atoms with Gasteiger partial charge in [-0.2, -0.15) is 4.31 Å². The van der Waals surface area contributed by atoms with Crippen molar-refractivity contribution in [3.63, 3.8) is 0 Å². The van der Waals surface area contributed by atoms with Gasteiger partial charge in [0.25, 0.3) is 0 Å². The molecule has 1 saturated heterocycles. The molecule has 0 spiro atoms. The van der Waals surface area contributed by atoms with E-state index in [0.29, 0.717) is 19.0 Å². The van der Waals surface area contributed by atoms with E-state index in [1.165, 1.54) is 11.8 Å². The normalized spacial score (nSPS) is 19.6. The van der Waals surface area contributed by atoms with E-state index in [1.807, 2.05) is 18.2 Å². The molecule has 1 heterocycles. The van der Waals surface area contributed by atoms with Crippen molar-refractivity contribution in [1.29, 1.82) is 0 Å². The highest BCUT2D eigenvalue weighted by atomic mass is 127. The zero-order chi connectivity index (χ0) is 16.9. The van der Waals surface area contributed by atoms with Crippen molar-refractivity contribution < 1.29 is 8.42 Å². The molecule has 136 valence electrons. The highest BCUT2D eigenvalue weighted by molar-refractivity contribution is 14.0. The Kier molecular flexibility index (Phi) is 8.44. The zero-order valence-electron chi connectivity index (χ0n) is 14.2. The van der Waals surface area contributed by atoms with Gasteiger partial charge in [0.15, 0.2) is 5.96 Å². The second-order valence-corrected chi connectivity index (χ2v) is 7.86. The summed E-state index contributed by atoms with van der Waals surface area (Å²) in [6, 6.07) is 7.91. The summed E-state index contributed by atoms with van der Waals surface area (Å²) >= 11 is 0. The Morgan fingerprint density at radius 3 is 2.83 bits per heavy atom. The van der Waals surface area contributed by atoms with Gasteiger partial charge in [0, 0.05) is 18.3 Å². The average Bonchev–Trinajstić information content (AvgIpc) is 2.52. The minimum atomic E-state index is -3.19. The SMILES string of the molecule is CCc1cccc(NC(N)=NCC2CCCCN2S(C)(=O)=O)c1.I. The molecule has 1 unspecified atom stereocenters. The Hall–Kier alpha value is -0.870. The molecule has 0 aliphatic carbocycles. The van der Waals surface area contributed by atoms with E-state index in [9.17, 15) is 8.42 Å². The lowest BCUT2D eigenvalue weighted by atomic mass is 10.1. The number of sulfonamides is 1. The molecule has 1 atom stereocenters. The van der Waals surface area contributed by atoms with Gasteiger partial charge >= 0.3 is 0 Å². The number of benzene rings is 1. The van der Waals surface area contributed by atoms with Crippen LogP contribution >= 0.6 is 24.0 Å². The van der Waals surface area contributed by atoms with Crippen molar-refractivity contribution in [3.8, 4) is 0 Å². The first-order chi connectivity index (χ1) is 10.9. The molecule has 1 fully saturated rings. The van der Waals surface area contributed by atoms with Crippen molar-refractivity contribution in [1.82, 2.24) is 4.31 Å². The van der Waals surface area contributed by atoms with Gasteiger partial charge in [-0.1, -0.05) is 25.5 Å². The van der Waals surface area contributed by atoms with E-state index in [1.54, 1.807) is 4.31 Å². The number of hydrogen-bond donors (Lipinski definition) is 2. The first-order valence-corrected chi connectivity index (χ1v) is 9.87. The summed E-state index contributed by atoms with van der Waals surface area (Å²) in [6.45, 7) is 3.06. The molecule has 2 rings (SSSR count). The highest BCUT2D eigenvalue weighted by Gasteiger charge is 2.28. The van der Waals surface area contributed by atoms with Crippen LogP contribution in [0.1, 0.15) is 31.7 Å². The predicted octanol–water partition coefficient (Wildman–Crippen LogP) is 2.41. The number of nitrogens with zero attached hydrogens (tertiary/aromatic N) is 2. The largest absolute Gasteiger partial charge is 0.370 e. The van der Waals surface area contributed by atoms with Crippen molar-refractivity contribution >= 4 is 45.6 Å². The molecule has 0 bridgehead atoms. The minimum Gasteiger partial charge on any atom is -0.370 e. The van der Waals surface area contributed by atoms with Gasteiger partial charge in [-0.3, -0.25) is 4.99 Å². The topological polar surface area (TPSA) is 87.8 Å². The molecule has 0 saturated carbocycles. The van der Waals surface area contributed by atoms with Crippen LogP contribution in [0.15, 0.2) is 29.3 Å². The van der Waals surface area contributed by atoms with Crippen molar-refractivity contribution in [2.75, 3.05) is 24.7 Å². The molecule has 1 aromatic rings.